The van der Waals surface area contributed by atoms with Crippen molar-refractivity contribution in [3.8, 4) is 0 Å². The highest BCUT2D eigenvalue weighted by atomic mass is 32.2. The summed E-state index contributed by atoms with van der Waals surface area (Å²) in [6.07, 6.45) is 0.881. The van der Waals surface area contributed by atoms with Gasteiger partial charge < -0.3 is 5.73 Å². The third-order valence-electron chi connectivity index (χ3n) is 3.06. The molecule has 2 aromatic carbocycles. The first-order valence-electron chi connectivity index (χ1n) is 6.46. The second-order valence-corrected chi connectivity index (χ2v) is 6.19. The van der Waals surface area contributed by atoms with Gasteiger partial charge in [-0.15, -0.1) is 0 Å². The normalized spacial score (nSPS) is 11.3. The Kier molecular flexibility index (Phi) is 4.42. The SMILES string of the molecule is CCc1ccc(S(=O)(=O)Nc2cccc(CN)c2)cc1. The molecule has 0 radical (unpaired) electrons. The Morgan fingerprint density at radius 2 is 1.75 bits per heavy atom. The lowest BCUT2D eigenvalue weighted by Crippen LogP contribution is -2.13. The number of nitrogens with two attached hydrogens (primary N) is 1. The standard InChI is InChI=1S/C15H18N2O2S/c1-2-12-6-8-15(9-7-12)20(18,19)17-14-5-3-4-13(10-14)11-16/h3-10,17H,2,11,16H2,1H3. The predicted octanol–water partition coefficient (Wildman–Crippen LogP) is 2.51. The second-order valence-electron chi connectivity index (χ2n) is 4.51. The van der Waals surface area contributed by atoms with Crippen LogP contribution in [-0.4, -0.2) is 8.42 Å². The Morgan fingerprint density at radius 3 is 2.35 bits per heavy atom. The minimum Gasteiger partial charge on any atom is -0.326 e. The van der Waals surface area contributed by atoms with Crippen LogP contribution in [0.5, 0.6) is 0 Å². The monoisotopic (exact) mass is 290 g/mol. The van der Waals surface area contributed by atoms with Crippen LogP contribution in [-0.2, 0) is 23.0 Å². The summed E-state index contributed by atoms with van der Waals surface area (Å²) < 4.78 is 27.1. The number of nitrogens with one attached hydrogen (secondary N) is 1. The number of sulfonamides is 1. The number of aryl methyl sites for hydroxylation is 1. The van der Waals surface area contributed by atoms with Crippen LogP contribution in [0.2, 0.25) is 0 Å². The number of benzene rings is 2. The van der Waals surface area contributed by atoms with E-state index in [1.807, 2.05) is 25.1 Å². The van der Waals surface area contributed by atoms with E-state index in [1.54, 1.807) is 30.3 Å². The zero-order valence-corrected chi connectivity index (χ0v) is 12.2. The Labute approximate surface area is 119 Å². The Bertz CT molecular complexity index is 679. The Balaban J connectivity index is 2.25. The highest BCUT2D eigenvalue weighted by Crippen LogP contribution is 2.17. The molecule has 0 aliphatic rings. The van der Waals surface area contributed by atoms with Gasteiger partial charge in [0, 0.05) is 12.2 Å². The number of rotatable bonds is 5. The fourth-order valence-corrected chi connectivity index (χ4v) is 2.93. The third kappa shape index (κ3) is 3.37. The average molecular weight is 290 g/mol. The molecule has 0 spiro atoms. The molecule has 3 N–H and O–H groups in total. The van der Waals surface area contributed by atoms with Crippen LogP contribution in [0.4, 0.5) is 5.69 Å². The molecule has 0 heterocycles. The van der Waals surface area contributed by atoms with Crippen molar-refractivity contribution in [3.05, 3.63) is 59.7 Å². The van der Waals surface area contributed by atoms with Crippen molar-refractivity contribution in [1.82, 2.24) is 0 Å². The summed E-state index contributed by atoms with van der Waals surface area (Å²) in [6, 6.07) is 14.0. The minimum absolute atomic E-state index is 0.257. The molecule has 0 amide bonds. The van der Waals surface area contributed by atoms with Crippen molar-refractivity contribution in [1.29, 1.82) is 0 Å². The highest BCUT2D eigenvalue weighted by Gasteiger charge is 2.13. The maximum absolute atomic E-state index is 12.3. The van der Waals surface area contributed by atoms with Gasteiger partial charge in [-0.3, -0.25) is 4.72 Å². The fraction of sp³-hybridized carbons (Fsp3) is 0.200. The third-order valence-corrected chi connectivity index (χ3v) is 4.45. The van der Waals surface area contributed by atoms with E-state index in [-0.39, 0.29) is 4.90 Å². The van der Waals surface area contributed by atoms with Crippen molar-refractivity contribution in [3.63, 3.8) is 0 Å². The molecular formula is C15H18N2O2S. The lowest BCUT2D eigenvalue weighted by Gasteiger charge is -2.09. The summed E-state index contributed by atoms with van der Waals surface area (Å²) in [7, 11) is -3.55. The molecule has 2 aromatic rings. The topological polar surface area (TPSA) is 72.2 Å². The van der Waals surface area contributed by atoms with Crippen LogP contribution < -0.4 is 10.5 Å². The highest BCUT2D eigenvalue weighted by molar-refractivity contribution is 7.92. The number of hydrogen-bond acceptors (Lipinski definition) is 3. The minimum atomic E-state index is -3.55. The maximum Gasteiger partial charge on any atom is 0.261 e. The van der Waals surface area contributed by atoms with Gasteiger partial charge in [-0.2, -0.15) is 0 Å². The molecule has 0 bridgehead atoms. The van der Waals surface area contributed by atoms with E-state index in [1.165, 1.54) is 0 Å². The van der Waals surface area contributed by atoms with Gasteiger partial charge in [0.05, 0.1) is 4.90 Å². The van der Waals surface area contributed by atoms with Gasteiger partial charge in [-0.1, -0.05) is 31.2 Å². The molecule has 2 rings (SSSR count). The van der Waals surface area contributed by atoms with Crippen molar-refractivity contribution >= 4 is 15.7 Å². The zero-order valence-electron chi connectivity index (χ0n) is 11.3. The molecular weight excluding hydrogens is 272 g/mol. The largest absolute Gasteiger partial charge is 0.326 e. The second kappa shape index (κ2) is 6.07. The van der Waals surface area contributed by atoms with E-state index in [2.05, 4.69) is 4.72 Å². The maximum atomic E-state index is 12.3. The van der Waals surface area contributed by atoms with Crippen molar-refractivity contribution in [2.75, 3.05) is 4.72 Å². The van der Waals surface area contributed by atoms with Crippen LogP contribution in [0.3, 0.4) is 0 Å². The first kappa shape index (κ1) is 14.6. The molecule has 0 atom stereocenters. The molecule has 0 aliphatic heterocycles. The van der Waals surface area contributed by atoms with Crippen LogP contribution >= 0.6 is 0 Å². The van der Waals surface area contributed by atoms with Crippen LogP contribution in [0.25, 0.3) is 0 Å². The smallest absolute Gasteiger partial charge is 0.261 e. The van der Waals surface area contributed by atoms with Gasteiger partial charge in [0.15, 0.2) is 0 Å². The summed E-state index contributed by atoms with van der Waals surface area (Å²) >= 11 is 0. The number of anilines is 1. The average Bonchev–Trinajstić information content (AvgIpc) is 2.47. The molecule has 0 aromatic heterocycles. The van der Waals surface area contributed by atoms with Gasteiger partial charge in [0.25, 0.3) is 10.0 Å². The summed E-state index contributed by atoms with van der Waals surface area (Å²) in [5, 5.41) is 0. The quantitative estimate of drug-likeness (QED) is 0.888. The molecule has 20 heavy (non-hydrogen) atoms. The van der Waals surface area contributed by atoms with E-state index in [4.69, 9.17) is 5.73 Å². The Morgan fingerprint density at radius 1 is 1.05 bits per heavy atom. The van der Waals surface area contributed by atoms with Crippen LogP contribution in [0.15, 0.2) is 53.4 Å². The van der Waals surface area contributed by atoms with E-state index in [0.717, 1.165) is 17.5 Å². The molecule has 0 fully saturated rings. The van der Waals surface area contributed by atoms with Gasteiger partial charge >= 0.3 is 0 Å². The molecule has 4 nitrogen and oxygen atoms in total. The predicted molar refractivity (Wildman–Crippen MR) is 81.0 cm³/mol. The molecule has 0 unspecified atom stereocenters. The van der Waals surface area contributed by atoms with E-state index < -0.39 is 10.0 Å². The summed E-state index contributed by atoms with van der Waals surface area (Å²) in [5.74, 6) is 0. The molecule has 0 saturated carbocycles. The van der Waals surface area contributed by atoms with Crippen molar-refractivity contribution in [2.45, 2.75) is 24.8 Å². The summed E-state index contributed by atoms with van der Waals surface area (Å²) in [6.45, 7) is 2.40. The van der Waals surface area contributed by atoms with Gasteiger partial charge in [0.2, 0.25) is 0 Å². The lowest BCUT2D eigenvalue weighted by atomic mass is 10.2. The lowest BCUT2D eigenvalue weighted by molar-refractivity contribution is 0.601. The molecule has 0 saturated heterocycles. The van der Waals surface area contributed by atoms with Crippen LogP contribution in [0, 0.1) is 0 Å². The first-order valence-corrected chi connectivity index (χ1v) is 7.94. The summed E-state index contributed by atoms with van der Waals surface area (Å²) in [4.78, 5) is 0.257. The van der Waals surface area contributed by atoms with E-state index in [0.29, 0.717) is 12.2 Å². The van der Waals surface area contributed by atoms with Gasteiger partial charge in [0.1, 0.15) is 0 Å². The summed E-state index contributed by atoms with van der Waals surface area (Å²) in [5.41, 5.74) is 8.06. The van der Waals surface area contributed by atoms with E-state index >= 15 is 0 Å². The van der Waals surface area contributed by atoms with Gasteiger partial charge in [-0.25, -0.2) is 8.42 Å². The van der Waals surface area contributed by atoms with Crippen molar-refractivity contribution in [2.24, 2.45) is 5.73 Å². The molecule has 5 heteroatoms. The fourth-order valence-electron chi connectivity index (χ4n) is 1.88. The van der Waals surface area contributed by atoms with Crippen LogP contribution in [0.1, 0.15) is 18.1 Å². The zero-order chi connectivity index (χ0) is 14.6. The molecule has 106 valence electrons. The Hall–Kier alpha value is -1.85. The number of hydrogen-bond donors (Lipinski definition) is 2. The first-order chi connectivity index (χ1) is 9.55. The van der Waals surface area contributed by atoms with Crippen molar-refractivity contribution < 1.29 is 8.42 Å². The van der Waals surface area contributed by atoms with E-state index in [9.17, 15) is 8.42 Å². The van der Waals surface area contributed by atoms with Gasteiger partial charge in [-0.05, 0) is 41.8 Å². The molecule has 0 aliphatic carbocycles.